The highest BCUT2D eigenvalue weighted by Gasteiger charge is 2.25. The summed E-state index contributed by atoms with van der Waals surface area (Å²) in [5, 5.41) is 0. The molecular weight excluding hydrogens is 184 g/mol. The first-order valence-corrected chi connectivity index (χ1v) is 5.41. The minimum absolute atomic E-state index is 0.0477. The fourth-order valence-electron chi connectivity index (χ4n) is 1.63. The summed E-state index contributed by atoms with van der Waals surface area (Å²) in [6.45, 7) is 5.04. The number of hydrogen-bond donors (Lipinski definition) is 1. The van der Waals surface area contributed by atoms with Gasteiger partial charge in [-0.3, -0.25) is 0 Å². The van der Waals surface area contributed by atoms with Crippen molar-refractivity contribution in [3.63, 3.8) is 0 Å². The number of rotatable bonds is 4. The zero-order chi connectivity index (χ0) is 11.5. The fourth-order valence-corrected chi connectivity index (χ4v) is 1.63. The smallest absolute Gasteiger partial charge is 0.0337 e. The lowest BCUT2D eigenvalue weighted by Crippen LogP contribution is -2.49. The van der Waals surface area contributed by atoms with Gasteiger partial charge in [0, 0.05) is 12.1 Å². The molecule has 1 atom stereocenters. The van der Waals surface area contributed by atoms with Gasteiger partial charge in [-0.1, -0.05) is 24.3 Å². The van der Waals surface area contributed by atoms with Crippen LogP contribution in [0.2, 0.25) is 0 Å². The van der Waals surface area contributed by atoms with E-state index >= 15 is 0 Å². The van der Waals surface area contributed by atoms with Gasteiger partial charge in [-0.25, -0.2) is 0 Å². The molecule has 2 nitrogen and oxygen atoms in total. The lowest BCUT2D eigenvalue weighted by molar-refractivity contribution is 0.181. The molecule has 0 fully saturated rings. The topological polar surface area (TPSA) is 29.3 Å². The number of aryl methyl sites for hydroxylation is 1. The van der Waals surface area contributed by atoms with Gasteiger partial charge in [-0.2, -0.15) is 0 Å². The molecule has 2 N–H and O–H groups in total. The third-order valence-corrected chi connectivity index (χ3v) is 3.35. The highest BCUT2D eigenvalue weighted by atomic mass is 15.1. The van der Waals surface area contributed by atoms with Gasteiger partial charge in [-0.15, -0.1) is 0 Å². The highest BCUT2D eigenvalue weighted by Crippen LogP contribution is 2.19. The molecule has 0 amide bonds. The number of nitrogens with two attached hydrogens (primary N) is 1. The molecule has 0 aromatic heterocycles. The van der Waals surface area contributed by atoms with Crippen LogP contribution in [0.25, 0.3) is 0 Å². The van der Waals surface area contributed by atoms with Crippen LogP contribution in [0.3, 0.4) is 0 Å². The number of nitrogens with zero attached hydrogens (tertiary/aromatic N) is 1. The number of hydrogen-bond acceptors (Lipinski definition) is 2. The number of benzene rings is 1. The van der Waals surface area contributed by atoms with E-state index < -0.39 is 0 Å². The molecule has 0 radical (unpaired) electrons. The maximum absolute atomic E-state index is 5.86. The van der Waals surface area contributed by atoms with Crippen molar-refractivity contribution in [3.8, 4) is 0 Å². The monoisotopic (exact) mass is 206 g/mol. The average molecular weight is 206 g/mol. The van der Waals surface area contributed by atoms with Gasteiger partial charge < -0.3 is 10.6 Å². The Bertz CT molecular complexity index is 320. The van der Waals surface area contributed by atoms with E-state index in [9.17, 15) is 0 Å². The number of likely N-dealkylation sites (N-methyl/N-ethyl adjacent to an activating group) is 1. The highest BCUT2D eigenvalue weighted by molar-refractivity contribution is 5.27. The molecule has 1 aromatic carbocycles. The first-order valence-electron chi connectivity index (χ1n) is 5.41. The Morgan fingerprint density at radius 1 is 1.27 bits per heavy atom. The fraction of sp³-hybridized carbons (Fsp3) is 0.538. The summed E-state index contributed by atoms with van der Waals surface area (Å²) in [7, 11) is 4.18. The van der Waals surface area contributed by atoms with E-state index in [-0.39, 0.29) is 5.54 Å². The van der Waals surface area contributed by atoms with Crippen LogP contribution in [-0.2, 0) is 6.42 Å². The zero-order valence-electron chi connectivity index (χ0n) is 10.2. The summed E-state index contributed by atoms with van der Waals surface area (Å²) >= 11 is 0. The first-order chi connectivity index (χ1) is 6.99. The summed E-state index contributed by atoms with van der Waals surface area (Å²) in [6.07, 6.45) is 1.00. The second kappa shape index (κ2) is 4.77. The Labute approximate surface area is 93.1 Å². The van der Waals surface area contributed by atoms with E-state index in [0.29, 0.717) is 6.54 Å². The molecule has 1 unspecified atom stereocenters. The lowest BCUT2D eigenvalue weighted by atomic mass is 9.90. The van der Waals surface area contributed by atoms with Crippen molar-refractivity contribution in [2.24, 2.45) is 5.73 Å². The third-order valence-electron chi connectivity index (χ3n) is 3.35. The minimum atomic E-state index is 0.0477. The summed E-state index contributed by atoms with van der Waals surface area (Å²) < 4.78 is 0. The van der Waals surface area contributed by atoms with Crippen LogP contribution >= 0.6 is 0 Å². The molecule has 15 heavy (non-hydrogen) atoms. The second-order valence-electron chi connectivity index (χ2n) is 4.70. The van der Waals surface area contributed by atoms with Gasteiger partial charge in [0.2, 0.25) is 0 Å². The molecule has 0 saturated carbocycles. The Balaban J connectivity index is 2.89. The quantitative estimate of drug-likeness (QED) is 0.814. The molecule has 1 rings (SSSR count). The summed E-state index contributed by atoms with van der Waals surface area (Å²) in [6, 6.07) is 8.51. The zero-order valence-corrected chi connectivity index (χ0v) is 10.2. The lowest BCUT2D eigenvalue weighted by Gasteiger charge is -2.36. The summed E-state index contributed by atoms with van der Waals surface area (Å²) in [4.78, 5) is 2.21. The van der Waals surface area contributed by atoms with Gasteiger partial charge in [-0.05, 0) is 45.5 Å². The van der Waals surface area contributed by atoms with Crippen molar-refractivity contribution in [3.05, 3.63) is 35.4 Å². The van der Waals surface area contributed by atoms with Gasteiger partial charge in [0.05, 0.1) is 0 Å². The van der Waals surface area contributed by atoms with Crippen molar-refractivity contribution < 1.29 is 0 Å². The first kappa shape index (κ1) is 12.2. The Hall–Kier alpha value is -0.860. The van der Waals surface area contributed by atoms with E-state index in [0.717, 1.165) is 6.42 Å². The van der Waals surface area contributed by atoms with Crippen molar-refractivity contribution in [1.82, 2.24) is 4.90 Å². The maximum Gasteiger partial charge on any atom is 0.0337 e. The third kappa shape index (κ3) is 2.80. The molecule has 0 aliphatic rings. The Morgan fingerprint density at radius 2 is 1.87 bits per heavy atom. The molecule has 1 aromatic rings. The van der Waals surface area contributed by atoms with Gasteiger partial charge in [0.1, 0.15) is 0 Å². The molecule has 0 heterocycles. The average Bonchev–Trinajstić information content (AvgIpc) is 2.21. The van der Waals surface area contributed by atoms with Crippen LogP contribution in [-0.4, -0.2) is 31.1 Å². The van der Waals surface area contributed by atoms with Crippen LogP contribution in [0, 0.1) is 6.92 Å². The SMILES string of the molecule is Cc1ccccc1CC(C)(CN)N(C)C. The van der Waals surface area contributed by atoms with Crippen LogP contribution in [0.5, 0.6) is 0 Å². The Morgan fingerprint density at radius 3 is 2.33 bits per heavy atom. The van der Waals surface area contributed by atoms with E-state index in [1.807, 2.05) is 0 Å². The molecular formula is C13H22N2. The van der Waals surface area contributed by atoms with Gasteiger partial charge in [0.25, 0.3) is 0 Å². The molecule has 0 saturated heterocycles. The van der Waals surface area contributed by atoms with Crippen molar-refractivity contribution in [2.45, 2.75) is 25.8 Å². The molecule has 0 aliphatic heterocycles. The van der Waals surface area contributed by atoms with Gasteiger partial charge in [0.15, 0.2) is 0 Å². The van der Waals surface area contributed by atoms with E-state index in [2.05, 4.69) is 57.1 Å². The van der Waals surface area contributed by atoms with E-state index in [1.54, 1.807) is 0 Å². The Kier molecular flexibility index (Phi) is 3.89. The predicted octanol–water partition coefficient (Wildman–Crippen LogP) is 1.82. The predicted molar refractivity (Wildman–Crippen MR) is 66.0 cm³/mol. The van der Waals surface area contributed by atoms with Crippen molar-refractivity contribution in [2.75, 3.05) is 20.6 Å². The van der Waals surface area contributed by atoms with Crippen LogP contribution in [0.1, 0.15) is 18.1 Å². The molecule has 2 heteroatoms. The van der Waals surface area contributed by atoms with Crippen molar-refractivity contribution >= 4 is 0 Å². The molecule has 0 aliphatic carbocycles. The summed E-state index contributed by atoms with van der Waals surface area (Å²) in [5.74, 6) is 0. The standard InChI is InChI=1S/C13H22N2/c1-11-7-5-6-8-12(11)9-13(2,10-14)15(3)4/h5-8H,9-10,14H2,1-4H3. The second-order valence-corrected chi connectivity index (χ2v) is 4.70. The molecule has 0 bridgehead atoms. The van der Waals surface area contributed by atoms with E-state index in [1.165, 1.54) is 11.1 Å². The van der Waals surface area contributed by atoms with Crippen LogP contribution < -0.4 is 5.73 Å². The molecule has 0 spiro atoms. The van der Waals surface area contributed by atoms with Gasteiger partial charge >= 0.3 is 0 Å². The van der Waals surface area contributed by atoms with E-state index in [4.69, 9.17) is 5.73 Å². The van der Waals surface area contributed by atoms with Crippen LogP contribution in [0.15, 0.2) is 24.3 Å². The minimum Gasteiger partial charge on any atom is -0.329 e. The van der Waals surface area contributed by atoms with Crippen molar-refractivity contribution in [1.29, 1.82) is 0 Å². The molecule has 84 valence electrons. The summed E-state index contributed by atoms with van der Waals surface area (Å²) in [5.41, 5.74) is 8.65. The largest absolute Gasteiger partial charge is 0.329 e. The maximum atomic E-state index is 5.86. The van der Waals surface area contributed by atoms with Crippen LogP contribution in [0.4, 0.5) is 0 Å². The normalized spacial score (nSPS) is 15.3.